The first-order chi connectivity index (χ1) is 17.1. The van der Waals surface area contributed by atoms with Gasteiger partial charge in [0, 0.05) is 0 Å². The van der Waals surface area contributed by atoms with Crippen molar-refractivity contribution in [2.24, 2.45) is 0 Å². The van der Waals surface area contributed by atoms with Crippen LogP contribution in [0, 0.1) is 6.92 Å². The van der Waals surface area contributed by atoms with Crippen LogP contribution in [0.15, 0.2) is 24.3 Å². The zero-order chi connectivity index (χ0) is 27.4. The number of anilines is 1. The molecule has 0 aliphatic carbocycles. The lowest BCUT2D eigenvalue weighted by atomic mass is 9.96. The van der Waals surface area contributed by atoms with Gasteiger partial charge in [0.05, 0.1) is 49.8 Å². The van der Waals surface area contributed by atoms with Gasteiger partial charge in [-0.05, 0) is 61.1 Å². The van der Waals surface area contributed by atoms with Gasteiger partial charge in [-0.3, -0.25) is 5.32 Å². The number of methoxy groups -OCH3 is 2. The summed E-state index contributed by atoms with van der Waals surface area (Å²) in [5, 5.41) is 20.8. The third kappa shape index (κ3) is 7.81. The van der Waals surface area contributed by atoms with Crippen molar-refractivity contribution in [3.05, 3.63) is 63.2 Å². The highest BCUT2D eigenvalue weighted by Gasteiger charge is 2.21. The highest BCUT2D eigenvalue weighted by atomic mass is 16.5. The van der Waals surface area contributed by atoms with Crippen LogP contribution in [-0.2, 0) is 33.7 Å². The molecule has 2 aromatic carbocycles. The van der Waals surface area contributed by atoms with E-state index < -0.39 is 24.0 Å². The summed E-state index contributed by atoms with van der Waals surface area (Å²) in [6.07, 6.45) is 0.497. The molecule has 0 atom stereocenters. The molecule has 0 saturated carbocycles. The minimum Gasteiger partial charge on any atom is -0.478 e. The number of carbonyl (C=O) groups is 4. The number of benzene rings is 2. The number of amides is 1. The average molecular weight is 504 g/mol. The number of carboxylic acid groups (broad SMARTS) is 1. The lowest BCUT2D eigenvalue weighted by Crippen LogP contribution is -2.18. The van der Waals surface area contributed by atoms with E-state index in [-0.39, 0.29) is 35.6 Å². The quantitative estimate of drug-likeness (QED) is 0.357. The van der Waals surface area contributed by atoms with Crippen molar-refractivity contribution in [3.8, 4) is 0 Å². The van der Waals surface area contributed by atoms with Crippen LogP contribution in [0.1, 0.15) is 74.1 Å². The number of rotatable bonds is 8. The third-order valence-corrected chi connectivity index (χ3v) is 5.11. The van der Waals surface area contributed by atoms with Crippen molar-refractivity contribution in [2.75, 3.05) is 26.1 Å². The molecule has 0 fully saturated rings. The second-order valence-electron chi connectivity index (χ2n) is 7.52. The Hall–Kier alpha value is -3.92. The van der Waals surface area contributed by atoms with Gasteiger partial charge in [0.15, 0.2) is 0 Å². The van der Waals surface area contributed by atoms with Gasteiger partial charge >= 0.3 is 24.0 Å². The van der Waals surface area contributed by atoms with Crippen molar-refractivity contribution >= 4 is 29.7 Å². The van der Waals surface area contributed by atoms with Gasteiger partial charge in [0.1, 0.15) is 0 Å². The number of carboxylic acids is 1. The Morgan fingerprint density at radius 2 is 1.42 bits per heavy atom. The molecular weight excluding hydrogens is 470 g/mol. The Morgan fingerprint density at radius 1 is 0.861 bits per heavy atom. The average Bonchev–Trinajstić information content (AvgIpc) is 2.86. The molecule has 0 aliphatic rings. The fourth-order valence-corrected chi connectivity index (χ4v) is 3.51. The highest BCUT2D eigenvalue weighted by Crippen LogP contribution is 2.25. The van der Waals surface area contributed by atoms with Gasteiger partial charge in [-0.2, -0.15) is 0 Å². The number of aromatic carboxylic acids is 1. The zero-order valence-corrected chi connectivity index (χ0v) is 21.4. The van der Waals surface area contributed by atoms with Crippen LogP contribution in [-0.4, -0.2) is 55.0 Å². The molecular formula is C26H33NO9. The van der Waals surface area contributed by atoms with E-state index in [0.717, 1.165) is 5.56 Å². The van der Waals surface area contributed by atoms with E-state index in [1.54, 1.807) is 26.0 Å². The standard InChI is InChI=1S/C14H19NO5.C12H14O4/c1-4-10-6-9(8-16)7-11(12(10)13(17)19-3)15-14(18)20-5-2;1-4-8-5-7(2)6-9(11(13)14)10(8)12(15)16-3/h6-7,16H,4-5,8H2,1-3H3,(H,15,18);5-6H,4H2,1-3H3,(H,13,14). The van der Waals surface area contributed by atoms with Crippen molar-refractivity contribution in [3.63, 3.8) is 0 Å². The molecule has 0 unspecified atom stereocenters. The van der Waals surface area contributed by atoms with Crippen LogP contribution in [0.3, 0.4) is 0 Å². The van der Waals surface area contributed by atoms with Gasteiger partial charge in [0.25, 0.3) is 0 Å². The predicted octanol–water partition coefficient (Wildman–Crippen LogP) is 4.14. The normalized spacial score (nSPS) is 9.97. The maximum atomic E-state index is 11.9. The van der Waals surface area contributed by atoms with Gasteiger partial charge < -0.3 is 24.4 Å². The minimum absolute atomic E-state index is 0.00343. The van der Waals surface area contributed by atoms with Gasteiger partial charge in [0.2, 0.25) is 0 Å². The van der Waals surface area contributed by atoms with Gasteiger partial charge in [-0.25, -0.2) is 19.2 Å². The van der Waals surface area contributed by atoms with Crippen LogP contribution in [0.5, 0.6) is 0 Å². The number of nitrogens with one attached hydrogen (secondary N) is 1. The van der Waals surface area contributed by atoms with Gasteiger partial charge in [-0.15, -0.1) is 0 Å². The van der Waals surface area contributed by atoms with Crippen LogP contribution in [0.2, 0.25) is 0 Å². The Balaban J connectivity index is 0.000000369. The van der Waals surface area contributed by atoms with E-state index in [9.17, 15) is 24.3 Å². The molecule has 0 heterocycles. The number of hydrogen-bond acceptors (Lipinski definition) is 8. The summed E-state index contributed by atoms with van der Waals surface area (Å²) in [7, 11) is 2.52. The Bertz CT molecular complexity index is 1110. The number of hydrogen-bond donors (Lipinski definition) is 3. The van der Waals surface area contributed by atoms with E-state index >= 15 is 0 Å². The molecule has 0 aromatic heterocycles. The molecule has 0 bridgehead atoms. The summed E-state index contributed by atoms with van der Waals surface area (Å²) < 4.78 is 14.1. The van der Waals surface area contributed by atoms with Crippen molar-refractivity contribution < 1.29 is 43.6 Å². The van der Waals surface area contributed by atoms with Gasteiger partial charge in [-0.1, -0.05) is 26.0 Å². The van der Waals surface area contributed by atoms with Crippen LogP contribution in [0.25, 0.3) is 0 Å². The third-order valence-electron chi connectivity index (χ3n) is 5.11. The largest absolute Gasteiger partial charge is 0.478 e. The number of aliphatic hydroxyl groups excluding tert-OH is 1. The van der Waals surface area contributed by atoms with E-state index in [4.69, 9.17) is 14.6 Å². The number of carbonyl (C=O) groups excluding carboxylic acids is 3. The molecule has 10 nitrogen and oxygen atoms in total. The first kappa shape index (κ1) is 30.1. The molecule has 36 heavy (non-hydrogen) atoms. The number of aryl methyl sites for hydroxylation is 3. The first-order valence-electron chi connectivity index (χ1n) is 11.3. The highest BCUT2D eigenvalue weighted by molar-refractivity contribution is 6.04. The second kappa shape index (κ2) is 14.5. The van der Waals surface area contributed by atoms with E-state index in [1.165, 1.54) is 26.4 Å². The molecule has 10 heteroatoms. The van der Waals surface area contributed by atoms with Crippen LogP contribution >= 0.6 is 0 Å². The maximum Gasteiger partial charge on any atom is 0.411 e. The smallest absolute Gasteiger partial charge is 0.411 e. The molecule has 0 saturated heterocycles. The Kier molecular flexibility index (Phi) is 12.1. The van der Waals surface area contributed by atoms with Crippen molar-refractivity contribution in [2.45, 2.75) is 47.1 Å². The molecule has 1 amide bonds. The van der Waals surface area contributed by atoms with Crippen molar-refractivity contribution in [1.29, 1.82) is 0 Å². The van der Waals surface area contributed by atoms with E-state index in [0.29, 0.717) is 29.5 Å². The minimum atomic E-state index is -1.11. The molecule has 196 valence electrons. The van der Waals surface area contributed by atoms with E-state index in [2.05, 4.69) is 10.1 Å². The molecule has 2 aromatic rings. The molecule has 0 aliphatic heterocycles. The summed E-state index contributed by atoms with van der Waals surface area (Å²) in [6.45, 7) is 7.25. The summed E-state index contributed by atoms with van der Waals surface area (Å²) in [5.41, 5.74) is 3.52. The lowest BCUT2D eigenvalue weighted by molar-refractivity contribution is 0.0580. The fraction of sp³-hybridized carbons (Fsp3) is 0.385. The number of esters is 2. The SMILES string of the molecule is CCOC(=O)Nc1cc(CO)cc(CC)c1C(=O)OC.CCc1cc(C)cc(C(=O)O)c1C(=O)OC. The summed E-state index contributed by atoms with van der Waals surface area (Å²) in [4.78, 5) is 46.0. The number of aliphatic hydroxyl groups is 1. The Morgan fingerprint density at radius 3 is 1.89 bits per heavy atom. The molecule has 2 rings (SSSR count). The maximum absolute atomic E-state index is 11.9. The first-order valence-corrected chi connectivity index (χ1v) is 11.3. The summed E-state index contributed by atoms with van der Waals surface area (Å²) in [6, 6.07) is 6.53. The summed E-state index contributed by atoms with van der Waals surface area (Å²) >= 11 is 0. The monoisotopic (exact) mass is 503 g/mol. The molecule has 0 spiro atoms. The molecule has 0 radical (unpaired) electrons. The van der Waals surface area contributed by atoms with Crippen LogP contribution in [0.4, 0.5) is 10.5 Å². The molecule has 3 N–H and O–H groups in total. The van der Waals surface area contributed by atoms with Crippen LogP contribution < -0.4 is 5.32 Å². The zero-order valence-electron chi connectivity index (χ0n) is 21.4. The second-order valence-corrected chi connectivity index (χ2v) is 7.52. The fourth-order valence-electron chi connectivity index (χ4n) is 3.51. The topological polar surface area (TPSA) is 148 Å². The van der Waals surface area contributed by atoms with Crippen molar-refractivity contribution in [1.82, 2.24) is 0 Å². The lowest BCUT2D eigenvalue weighted by Gasteiger charge is -2.15. The Labute approximate surface area is 210 Å². The summed E-state index contributed by atoms with van der Waals surface area (Å²) in [5.74, 6) is -2.26. The van der Waals surface area contributed by atoms with E-state index in [1.807, 2.05) is 13.8 Å². The predicted molar refractivity (Wildman–Crippen MR) is 133 cm³/mol. The number of ether oxygens (including phenoxy) is 3.